The molecule has 0 saturated heterocycles. The van der Waals surface area contributed by atoms with Gasteiger partial charge in [-0.15, -0.1) is 0 Å². The molecule has 1 aliphatic rings. The summed E-state index contributed by atoms with van der Waals surface area (Å²) in [5, 5.41) is 8.69. The van der Waals surface area contributed by atoms with Gasteiger partial charge in [0.1, 0.15) is 6.04 Å². The summed E-state index contributed by atoms with van der Waals surface area (Å²) < 4.78 is 4.86. The fraction of sp³-hybridized carbons (Fsp3) is 0.467. The van der Waals surface area contributed by atoms with Crippen molar-refractivity contribution in [3.8, 4) is 0 Å². The van der Waals surface area contributed by atoms with Crippen LogP contribution in [0.2, 0.25) is 0 Å². The molecule has 1 aromatic carbocycles. The lowest BCUT2D eigenvalue weighted by Gasteiger charge is -2.27. The van der Waals surface area contributed by atoms with Crippen molar-refractivity contribution in [2.24, 2.45) is 0 Å². The summed E-state index contributed by atoms with van der Waals surface area (Å²) in [6, 6.07) is 3.37. The van der Waals surface area contributed by atoms with Gasteiger partial charge in [-0.2, -0.15) is 0 Å². The molecule has 0 radical (unpaired) electrons. The number of aryl methyl sites for hydroxylation is 2. The van der Waals surface area contributed by atoms with E-state index in [4.69, 9.17) is 4.74 Å². The molecule has 0 spiro atoms. The summed E-state index contributed by atoms with van der Waals surface area (Å²) >= 11 is 0. The molecule has 3 N–H and O–H groups in total. The highest BCUT2D eigenvalue weighted by Crippen LogP contribution is 2.30. The molecule has 1 aromatic rings. The molecule has 6 heteroatoms. The second-order valence-corrected chi connectivity index (χ2v) is 5.22. The minimum Gasteiger partial charge on any atom is -0.383 e. The van der Waals surface area contributed by atoms with Gasteiger partial charge in [-0.25, -0.2) is 0 Å². The topological polar surface area (TPSA) is 79.5 Å². The first kappa shape index (κ1) is 15.3. The summed E-state index contributed by atoms with van der Waals surface area (Å²) in [7, 11) is 1.57. The fourth-order valence-electron chi connectivity index (χ4n) is 2.21. The summed E-state index contributed by atoms with van der Waals surface area (Å²) in [5.74, 6) is -0.361. The molecule has 1 aliphatic heterocycles. The molecule has 1 atom stereocenters. The van der Waals surface area contributed by atoms with Gasteiger partial charge in [0, 0.05) is 13.7 Å². The number of fused-ring (bicyclic) bond motifs is 1. The molecule has 21 heavy (non-hydrogen) atoms. The molecule has 1 heterocycles. The van der Waals surface area contributed by atoms with Crippen LogP contribution in [-0.4, -0.2) is 38.1 Å². The number of benzene rings is 1. The van der Waals surface area contributed by atoms with Gasteiger partial charge in [0.2, 0.25) is 11.8 Å². The monoisotopic (exact) mass is 291 g/mol. The number of rotatable bonds is 5. The van der Waals surface area contributed by atoms with E-state index < -0.39 is 6.04 Å². The van der Waals surface area contributed by atoms with Crippen LogP contribution < -0.4 is 16.0 Å². The first-order chi connectivity index (χ1) is 10.0. The number of nitrogens with one attached hydrogen (secondary N) is 3. The molecule has 2 rings (SSSR count). The van der Waals surface area contributed by atoms with Crippen molar-refractivity contribution >= 4 is 23.2 Å². The highest BCUT2D eigenvalue weighted by molar-refractivity contribution is 6.05. The average molecular weight is 291 g/mol. The van der Waals surface area contributed by atoms with Crippen LogP contribution in [-0.2, 0) is 14.3 Å². The van der Waals surface area contributed by atoms with E-state index >= 15 is 0 Å². The number of amides is 2. The number of hydrogen-bond donors (Lipinski definition) is 3. The van der Waals surface area contributed by atoms with Gasteiger partial charge in [0.25, 0.3) is 0 Å². The van der Waals surface area contributed by atoms with Crippen molar-refractivity contribution in [2.75, 3.05) is 30.9 Å². The van der Waals surface area contributed by atoms with Crippen LogP contribution in [0, 0.1) is 13.8 Å². The van der Waals surface area contributed by atoms with Crippen molar-refractivity contribution in [1.82, 2.24) is 5.32 Å². The second kappa shape index (κ2) is 6.58. The Bertz CT molecular complexity index is 557. The smallest absolute Gasteiger partial charge is 0.247 e. The van der Waals surface area contributed by atoms with Crippen LogP contribution in [0.25, 0.3) is 0 Å². The normalized spacial score (nSPS) is 16.7. The van der Waals surface area contributed by atoms with Crippen LogP contribution >= 0.6 is 0 Å². The summed E-state index contributed by atoms with van der Waals surface area (Å²) in [6.07, 6.45) is 0.0991. The zero-order chi connectivity index (χ0) is 15.4. The molecule has 0 fully saturated rings. The Morgan fingerprint density at radius 1 is 1.29 bits per heavy atom. The van der Waals surface area contributed by atoms with Crippen molar-refractivity contribution in [3.05, 3.63) is 23.3 Å². The zero-order valence-corrected chi connectivity index (χ0v) is 12.6. The molecular weight excluding hydrogens is 270 g/mol. The Morgan fingerprint density at radius 3 is 2.62 bits per heavy atom. The molecule has 0 bridgehead atoms. The van der Waals surface area contributed by atoms with E-state index in [1.54, 1.807) is 7.11 Å². The second-order valence-electron chi connectivity index (χ2n) is 5.22. The van der Waals surface area contributed by atoms with E-state index in [2.05, 4.69) is 16.0 Å². The van der Waals surface area contributed by atoms with Crippen molar-refractivity contribution in [3.63, 3.8) is 0 Å². The summed E-state index contributed by atoms with van der Waals surface area (Å²) in [6.45, 7) is 4.91. The number of carbonyl (C=O) groups is 2. The van der Waals surface area contributed by atoms with Crippen LogP contribution in [0.1, 0.15) is 17.5 Å². The van der Waals surface area contributed by atoms with E-state index in [-0.39, 0.29) is 18.2 Å². The third kappa shape index (κ3) is 3.72. The molecule has 0 saturated carbocycles. The lowest BCUT2D eigenvalue weighted by atomic mass is 10.0. The highest BCUT2D eigenvalue weighted by Gasteiger charge is 2.27. The number of hydrogen-bond acceptors (Lipinski definition) is 4. The highest BCUT2D eigenvalue weighted by atomic mass is 16.5. The van der Waals surface area contributed by atoms with E-state index in [0.29, 0.717) is 13.2 Å². The molecule has 0 unspecified atom stereocenters. The van der Waals surface area contributed by atoms with Crippen molar-refractivity contribution < 1.29 is 14.3 Å². The van der Waals surface area contributed by atoms with E-state index in [1.807, 2.05) is 26.0 Å². The Kier molecular flexibility index (Phi) is 4.80. The van der Waals surface area contributed by atoms with Crippen LogP contribution in [0.4, 0.5) is 11.4 Å². The van der Waals surface area contributed by atoms with E-state index in [1.165, 1.54) is 0 Å². The fourth-order valence-corrected chi connectivity index (χ4v) is 2.21. The summed E-state index contributed by atoms with van der Waals surface area (Å²) in [5.41, 5.74) is 3.87. The van der Waals surface area contributed by atoms with Gasteiger partial charge >= 0.3 is 0 Å². The standard InChI is InChI=1S/C15H21N3O3/c1-9-6-11-12(7-10(9)2)18-15(20)13(17-11)8-14(19)16-4-5-21-3/h6-7,13,17H,4-5,8H2,1-3H3,(H,16,19)(H,18,20)/t13-/m0/s1. The zero-order valence-electron chi connectivity index (χ0n) is 12.6. The molecule has 2 amide bonds. The molecule has 0 aliphatic carbocycles. The van der Waals surface area contributed by atoms with Gasteiger partial charge in [-0.05, 0) is 37.1 Å². The third-order valence-corrected chi connectivity index (χ3v) is 3.56. The predicted octanol–water partition coefficient (Wildman–Crippen LogP) is 1.19. The quantitative estimate of drug-likeness (QED) is 0.712. The predicted molar refractivity (Wildman–Crippen MR) is 81.5 cm³/mol. The van der Waals surface area contributed by atoms with Gasteiger partial charge in [-0.3, -0.25) is 9.59 Å². The maximum Gasteiger partial charge on any atom is 0.247 e. The Balaban J connectivity index is 2.01. The van der Waals surface area contributed by atoms with Crippen LogP contribution in [0.5, 0.6) is 0 Å². The maximum absolute atomic E-state index is 12.0. The van der Waals surface area contributed by atoms with E-state index in [9.17, 15) is 9.59 Å². The SMILES string of the molecule is COCCNC(=O)C[C@@H]1Nc2cc(C)c(C)cc2NC1=O. The molecule has 6 nitrogen and oxygen atoms in total. The van der Waals surface area contributed by atoms with Gasteiger partial charge in [0.15, 0.2) is 0 Å². The molecule has 0 aromatic heterocycles. The first-order valence-electron chi connectivity index (χ1n) is 6.95. The lowest BCUT2D eigenvalue weighted by Crippen LogP contribution is -2.43. The number of anilines is 2. The molecular formula is C15H21N3O3. The van der Waals surface area contributed by atoms with Gasteiger partial charge < -0.3 is 20.7 Å². The van der Waals surface area contributed by atoms with Crippen LogP contribution in [0.3, 0.4) is 0 Å². The number of methoxy groups -OCH3 is 1. The Hall–Kier alpha value is -2.08. The molecule has 114 valence electrons. The number of carbonyl (C=O) groups excluding carboxylic acids is 2. The Morgan fingerprint density at radius 2 is 1.95 bits per heavy atom. The van der Waals surface area contributed by atoms with Gasteiger partial charge in [0.05, 0.1) is 24.4 Å². The minimum absolute atomic E-state index is 0.0991. The van der Waals surface area contributed by atoms with Crippen LogP contribution in [0.15, 0.2) is 12.1 Å². The maximum atomic E-state index is 12.0. The van der Waals surface area contributed by atoms with Gasteiger partial charge in [-0.1, -0.05) is 0 Å². The third-order valence-electron chi connectivity index (χ3n) is 3.56. The van der Waals surface area contributed by atoms with Crippen molar-refractivity contribution in [1.29, 1.82) is 0 Å². The number of ether oxygens (including phenoxy) is 1. The first-order valence-corrected chi connectivity index (χ1v) is 6.95. The Labute approximate surface area is 124 Å². The minimum atomic E-state index is -0.554. The van der Waals surface area contributed by atoms with E-state index in [0.717, 1.165) is 22.5 Å². The van der Waals surface area contributed by atoms with Crippen molar-refractivity contribution in [2.45, 2.75) is 26.3 Å². The largest absolute Gasteiger partial charge is 0.383 e. The lowest BCUT2D eigenvalue weighted by molar-refractivity contribution is -0.125. The average Bonchev–Trinajstić information content (AvgIpc) is 2.42. The summed E-state index contributed by atoms with van der Waals surface area (Å²) in [4.78, 5) is 23.8.